The molecule has 4 heterocycles. The number of alkyl halides is 4. The summed E-state index contributed by atoms with van der Waals surface area (Å²) in [6, 6.07) is 1.78. The smallest absolute Gasteiger partial charge is 0.376 e. The maximum Gasteiger partial charge on any atom is 0.422 e. The molecule has 2 aromatic heterocycles. The molecule has 3 N–H and O–H groups in total. The van der Waals surface area contributed by atoms with Gasteiger partial charge in [-0.1, -0.05) is 0 Å². The lowest BCUT2D eigenvalue weighted by molar-refractivity contribution is -0.267. The summed E-state index contributed by atoms with van der Waals surface area (Å²) >= 11 is 2.04. The number of nitrogens with zero attached hydrogens (tertiary/aromatic N) is 3. The van der Waals surface area contributed by atoms with Crippen molar-refractivity contribution in [3.63, 3.8) is 0 Å². The summed E-state index contributed by atoms with van der Waals surface area (Å²) in [6.07, 6.45) is -3.65. The van der Waals surface area contributed by atoms with E-state index in [0.29, 0.717) is 37.3 Å². The molecule has 2 aliphatic heterocycles. The van der Waals surface area contributed by atoms with Gasteiger partial charge in [0.05, 0.1) is 17.7 Å². The molecule has 7 nitrogen and oxygen atoms in total. The minimum Gasteiger partial charge on any atom is -0.376 e. The lowest BCUT2D eigenvalue weighted by Crippen LogP contribution is -2.49. The van der Waals surface area contributed by atoms with Crippen molar-refractivity contribution in [1.29, 1.82) is 0 Å². The zero-order valence-electron chi connectivity index (χ0n) is 15.6. The first-order chi connectivity index (χ1) is 14.1. The number of anilines is 2. The van der Waals surface area contributed by atoms with E-state index in [4.69, 9.17) is 0 Å². The van der Waals surface area contributed by atoms with Crippen LogP contribution in [0.4, 0.5) is 29.2 Å². The van der Waals surface area contributed by atoms with Crippen molar-refractivity contribution in [2.24, 2.45) is 0 Å². The predicted octanol–water partition coefficient (Wildman–Crippen LogP) is 3.35. The van der Waals surface area contributed by atoms with Crippen LogP contribution < -0.4 is 10.2 Å². The highest BCUT2D eigenvalue weighted by Crippen LogP contribution is 2.49. The van der Waals surface area contributed by atoms with Gasteiger partial charge in [-0.2, -0.15) is 18.3 Å². The van der Waals surface area contributed by atoms with E-state index in [1.807, 2.05) is 27.5 Å². The number of piperidine rings is 1. The zero-order valence-corrected chi connectivity index (χ0v) is 17.7. The van der Waals surface area contributed by atoms with Crippen LogP contribution in [0.1, 0.15) is 42.0 Å². The topological polar surface area (TPSA) is 94.1 Å². The molecule has 12 heteroatoms. The molecule has 0 aliphatic carbocycles. The minimum atomic E-state index is -5.02. The second-order valence-electron chi connectivity index (χ2n) is 7.47. The molecule has 4 rings (SSSR count). The van der Waals surface area contributed by atoms with E-state index in [2.05, 4.69) is 20.5 Å². The molecule has 1 amide bonds. The van der Waals surface area contributed by atoms with Gasteiger partial charge in [0, 0.05) is 34.3 Å². The summed E-state index contributed by atoms with van der Waals surface area (Å²) in [5, 5.41) is 19.2. The number of fused-ring (bicyclic) bond motifs is 1. The number of rotatable bonds is 3. The van der Waals surface area contributed by atoms with E-state index in [1.54, 1.807) is 6.07 Å². The molecule has 0 radical (unpaired) electrons. The zero-order chi connectivity index (χ0) is 21.7. The van der Waals surface area contributed by atoms with Crippen molar-refractivity contribution in [2.45, 2.75) is 43.6 Å². The Morgan fingerprint density at radius 1 is 1.33 bits per heavy atom. The number of carbonyl (C=O) groups is 1. The number of aromatic nitrogens is 3. The summed E-state index contributed by atoms with van der Waals surface area (Å²) in [5.41, 5.74) is -3.04. The second-order valence-corrected chi connectivity index (χ2v) is 8.63. The Morgan fingerprint density at radius 2 is 2.03 bits per heavy atom. The van der Waals surface area contributed by atoms with Gasteiger partial charge in [0.1, 0.15) is 18.3 Å². The van der Waals surface area contributed by atoms with E-state index in [9.17, 15) is 27.5 Å². The number of carbonyl (C=O) groups excluding carboxylic acids is 1. The summed E-state index contributed by atoms with van der Waals surface area (Å²) in [6.45, 7) is 0.429. The maximum atomic E-state index is 13.7. The van der Waals surface area contributed by atoms with Crippen LogP contribution >= 0.6 is 22.6 Å². The van der Waals surface area contributed by atoms with Gasteiger partial charge < -0.3 is 15.3 Å². The molecule has 1 unspecified atom stereocenters. The Bertz CT molecular complexity index is 974. The SMILES string of the molecule is O=C1CC(O)(C(F)(F)F)c2c(C3CCN(c4cc(I)c(CF)cn4)CC3)n[nH]c2N1. The largest absolute Gasteiger partial charge is 0.422 e. The van der Waals surface area contributed by atoms with Gasteiger partial charge in [0.15, 0.2) is 5.60 Å². The molecule has 0 aromatic carbocycles. The summed E-state index contributed by atoms with van der Waals surface area (Å²) in [7, 11) is 0. The van der Waals surface area contributed by atoms with Gasteiger partial charge >= 0.3 is 6.18 Å². The van der Waals surface area contributed by atoms with E-state index < -0.39 is 36.3 Å². The van der Waals surface area contributed by atoms with E-state index >= 15 is 0 Å². The van der Waals surface area contributed by atoms with Crippen molar-refractivity contribution in [3.8, 4) is 0 Å². The third-order valence-electron chi connectivity index (χ3n) is 5.62. The van der Waals surface area contributed by atoms with Gasteiger partial charge in [-0.3, -0.25) is 9.89 Å². The lowest BCUT2D eigenvalue weighted by atomic mass is 9.81. The van der Waals surface area contributed by atoms with Crippen LogP contribution in [0.15, 0.2) is 12.3 Å². The van der Waals surface area contributed by atoms with Gasteiger partial charge in [-0.05, 0) is 41.5 Å². The number of hydrogen-bond donors (Lipinski definition) is 3. The van der Waals surface area contributed by atoms with E-state index in [-0.39, 0.29) is 17.4 Å². The summed E-state index contributed by atoms with van der Waals surface area (Å²) < 4.78 is 54.7. The van der Waals surface area contributed by atoms with Crippen molar-refractivity contribution in [2.75, 3.05) is 23.3 Å². The Labute approximate surface area is 182 Å². The van der Waals surface area contributed by atoms with Crippen molar-refractivity contribution in [1.82, 2.24) is 15.2 Å². The summed E-state index contributed by atoms with van der Waals surface area (Å²) in [4.78, 5) is 18.0. The molecule has 0 saturated carbocycles. The van der Waals surface area contributed by atoms with Gasteiger partial charge in [-0.15, -0.1) is 0 Å². The normalized spacial score (nSPS) is 22.7. The Morgan fingerprint density at radius 3 is 2.63 bits per heavy atom. The average Bonchev–Trinajstić information content (AvgIpc) is 3.11. The number of pyridine rings is 1. The van der Waals surface area contributed by atoms with Crippen LogP contribution in [-0.2, 0) is 17.1 Å². The van der Waals surface area contributed by atoms with Crippen molar-refractivity contribution in [3.05, 3.63) is 32.7 Å². The van der Waals surface area contributed by atoms with Crippen LogP contribution in [0, 0.1) is 3.57 Å². The Balaban J connectivity index is 1.57. The molecule has 1 atom stereocenters. The third-order valence-corrected chi connectivity index (χ3v) is 6.63. The quantitative estimate of drug-likeness (QED) is 0.411. The first-order valence-electron chi connectivity index (χ1n) is 9.27. The fourth-order valence-corrected chi connectivity index (χ4v) is 4.57. The monoisotopic (exact) mass is 539 g/mol. The lowest BCUT2D eigenvalue weighted by Gasteiger charge is -2.36. The first kappa shape index (κ1) is 21.3. The number of hydrogen-bond acceptors (Lipinski definition) is 5. The molecule has 30 heavy (non-hydrogen) atoms. The highest BCUT2D eigenvalue weighted by atomic mass is 127. The third kappa shape index (κ3) is 3.53. The maximum absolute atomic E-state index is 13.7. The number of amides is 1. The van der Waals surface area contributed by atoms with Crippen molar-refractivity contribution >= 4 is 40.1 Å². The van der Waals surface area contributed by atoms with Crippen LogP contribution in [0.2, 0.25) is 0 Å². The highest BCUT2D eigenvalue weighted by Gasteiger charge is 2.61. The number of aliphatic hydroxyl groups is 1. The number of H-pyrrole nitrogens is 1. The number of halogens is 5. The molecule has 1 saturated heterocycles. The average molecular weight is 539 g/mol. The van der Waals surface area contributed by atoms with Gasteiger partial charge in [-0.25, -0.2) is 9.37 Å². The van der Waals surface area contributed by atoms with E-state index in [0.717, 1.165) is 3.57 Å². The molecule has 2 aliphatic rings. The molecule has 162 valence electrons. The van der Waals surface area contributed by atoms with Crippen LogP contribution in [0.3, 0.4) is 0 Å². The highest BCUT2D eigenvalue weighted by molar-refractivity contribution is 14.1. The fraction of sp³-hybridized carbons (Fsp3) is 0.500. The van der Waals surface area contributed by atoms with Crippen LogP contribution in [0.25, 0.3) is 0 Å². The van der Waals surface area contributed by atoms with Crippen LogP contribution in [0.5, 0.6) is 0 Å². The van der Waals surface area contributed by atoms with Crippen LogP contribution in [-0.4, -0.2) is 45.5 Å². The standard InChI is InChI=1S/C18H18F4IN5O2/c19-7-10-8-24-12(5-11(10)23)28-3-1-9(2-4-28)15-14-16(27-26-15)25-13(29)6-17(14,30)18(20,21)22/h5,8-9,30H,1-4,6-7H2,(H2,25,26,27,29). The molecule has 2 aromatic rings. The molecule has 0 bridgehead atoms. The van der Waals surface area contributed by atoms with Gasteiger partial charge in [0.25, 0.3) is 0 Å². The molecular weight excluding hydrogens is 521 g/mol. The number of aromatic amines is 1. The molecular formula is C18H18F4IN5O2. The second kappa shape index (κ2) is 7.62. The predicted molar refractivity (Wildman–Crippen MR) is 108 cm³/mol. The molecule has 1 fully saturated rings. The summed E-state index contributed by atoms with van der Waals surface area (Å²) in [5.74, 6) is -0.779. The Kier molecular flexibility index (Phi) is 5.41. The fourth-order valence-electron chi connectivity index (χ4n) is 4.01. The first-order valence-corrected chi connectivity index (χ1v) is 10.3. The molecule has 0 spiro atoms. The van der Waals surface area contributed by atoms with E-state index in [1.165, 1.54) is 6.20 Å². The number of nitrogens with one attached hydrogen (secondary N) is 2. The minimum absolute atomic E-state index is 0.125. The van der Waals surface area contributed by atoms with Gasteiger partial charge in [0.2, 0.25) is 5.91 Å². The Hall–Kier alpha value is -1.96. The van der Waals surface area contributed by atoms with Crippen molar-refractivity contribution < 1.29 is 27.5 Å².